The third-order valence-corrected chi connectivity index (χ3v) is 4.67. The van der Waals surface area contributed by atoms with Gasteiger partial charge in [-0.05, 0) is 42.8 Å². The Hall–Kier alpha value is -3.78. The van der Waals surface area contributed by atoms with E-state index in [1.165, 1.54) is 0 Å². The lowest BCUT2D eigenvalue weighted by Crippen LogP contribution is -2.00. The molecular formula is C23H19N3O2. The zero-order valence-corrected chi connectivity index (χ0v) is 15.7. The molecule has 1 aromatic heterocycles. The Morgan fingerprint density at radius 1 is 1.04 bits per heavy atom. The van der Waals surface area contributed by atoms with Gasteiger partial charge in [0.1, 0.15) is 12.4 Å². The van der Waals surface area contributed by atoms with Gasteiger partial charge >= 0.3 is 0 Å². The number of aromatic amines is 1. The average molecular weight is 369 g/mol. The van der Waals surface area contributed by atoms with Crippen molar-refractivity contribution < 1.29 is 9.47 Å². The molecule has 1 N–H and O–H groups in total. The summed E-state index contributed by atoms with van der Waals surface area (Å²) < 4.78 is 11.4. The molecule has 4 aromatic rings. The number of methoxy groups -OCH3 is 1. The quantitative estimate of drug-likeness (QED) is 0.537. The Morgan fingerprint density at radius 3 is 2.68 bits per heavy atom. The van der Waals surface area contributed by atoms with Gasteiger partial charge in [0.2, 0.25) is 0 Å². The van der Waals surface area contributed by atoms with E-state index in [4.69, 9.17) is 14.5 Å². The number of imidazole rings is 1. The number of H-pyrrole nitrogens is 1. The Labute approximate surface area is 163 Å². The molecule has 0 aliphatic rings. The number of nitriles is 1. The van der Waals surface area contributed by atoms with Crippen LogP contribution in [0.4, 0.5) is 0 Å². The van der Waals surface area contributed by atoms with Crippen LogP contribution in [0.15, 0.2) is 60.7 Å². The molecule has 5 heteroatoms. The fourth-order valence-corrected chi connectivity index (χ4v) is 3.16. The van der Waals surface area contributed by atoms with Crippen molar-refractivity contribution in [2.75, 3.05) is 7.11 Å². The first kappa shape index (κ1) is 17.6. The highest BCUT2D eigenvalue weighted by Gasteiger charge is 2.12. The van der Waals surface area contributed by atoms with E-state index in [0.717, 1.165) is 33.5 Å². The average Bonchev–Trinajstić information content (AvgIpc) is 3.18. The number of nitrogens with one attached hydrogen (secondary N) is 1. The summed E-state index contributed by atoms with van der Waals surface area (Å²) in [5, 5.41) is 9.22. The molecule has 138 valence electrons. The zero-order valence-electron chi connectivity index (χ0n) is 15.7. The van der Waals surface area contributed by atoms with Crippen LogP contribution < -0.4 is 9.47 Å². The fraction of sp³-hybridized carbons (Fsp3) is 0.130. The van der Waals surface area contributed by atoms with Gasteiger partial charge in [-0.3, -0.25) is 0 Å². The fourth-order valence-electron chi connectivity index (χ4n) is 3.16. The van der Waals surface area contributed by atoms with E-state index >= 15 is 0 Å². The van der Waals surface area contributed by atoms with Gasteiger partial charge in [-0.25, -0.2) is 4.98 Å². The van der Waals surface area contributed by atoms with Gasteiger partial charge in [0.25, 0.3) is 0 Å². The maximum absolute atomic E-state index is 9.22. The number of rotatable bonds is 5. The normalized spacial score (nSPS) is 10.6. The van der Waals surface area contributed by atoms with Crippen molar-refractivity contribution >= 4 is 11.0 Å². The van der Waals surface area contributed by atoms with Crippen LogP contribution in [-0.2, 0) is 6.61 Å². The van der Waals surface area contributed by atoms with Crippen molar-refractivity contribution in [3.63, 3.8) is 0 Å². The van der Waals surface area contributed by atoms with Crippen LogP contribution in [0.25, 0.3) is 22.4 Å². The highest BCUT2D eigenvalue weighted by molar-refractivity contribution is 5.82. The maximum atomic E-state index is 9.22. The van der Waals surface area contributed by atoms with E-state index in [1.807, 2.05) is 61.5 Å². The number of ether oxygens (including phenoxy) is 2. The second-order valence-corrected chi connectivity index (χ2v) is 6.48. The maximum Gasteiger partial charge on any atom is 0.161 e. The molecule has 0 spiro atoms. The molecule has 5 nitrogen and oxygen atoms in total. The molecule has 0 atom stereocenters. The molecule has 0 saturated carbocycles. The summed E-state index contributed by atoms with van der Waals surface area (Å²) in [6.45, 7) is 2.34. The van der Waals surface area contributed by atoms with E-state index < -0.39 is 0 Å². The van der Waals surface area contributed by atoms with Crippen molar-refractivity contribution in [3.8, 4) is 29.0 Å². The number of hydrogen-bond acceptors (Lipinski definition) is 4. The van der Waals surface area contributed by atoms with Crippen LogP contribution in [-0.4, -0.2) is 17.1 Å². The first-order chi connectivity index (χ1) is 13.7. The third-order valence-electron chi connectivity index (χ3n) is 4.67. The SMILES string of the molecule is COc1cc(-c2nc3c(C)cccc3[nH]2)ccc1OCc1ccccc1C#N. The molecular weight excluding hydrogens is 350 g/mol. The molecule has 0 amide bonds. The molecule has 0 bridgehead atoms. The van der Waals surface area contributed by atoms with Gasteiger partial charge in [0, 0.05) is 11.1 Å². The summed E-state index contributed by atoms with van der Waals surface area (Å²) in [5.74, 6) is 2.01. The van der Waals surface area contributed by atoms with Crippen molar-refractivity contribution in [3.05, 3.63) is 77.4 Å². The molecule has 0 unspecified atom stereocenters. The smallest absolute Gasteiger partial charge is 0.161 e. The monoisotopic (exact) mass is 369 g/mol. The molecule has 0 saturated heterocycles. The van der Waals surface area contributed by atoms with Gasteiger partial charge in [0.15, 0.2) is 11.5 Å². The number of nitrogens with zero attached hydrogens (tertiary/aromatic N) is 2. The van der Waals surface area contributed by atoms with E-state index in [0.29, 0.717) is 23.7 Å². The van der Waals surface area contributed by atoms with E-state index in [1.54, 1.807) is 13.2 Å². The summed E-state index contributed by atoms with van der Waals surface area (Å²) in [6.07, 6.45) is 0. The topological polar surface area (TPSA) is 70.9 Å². The lowest BCUT2D eigenvalue weighted by atomic mass is 10.1. The molecule has 0 aliphatic carbocycles. The standard InChI is InChI=1S/C23H19N3O2/c1-15-6-5-9-19-22(15)26-23(25-19)16-10-11-20(21(12-16)27-2)28-14-18-8-4-3-7-17(18)13-24/h3-12H,14H2,1-2H3,(H,25,26). The molecule has 28 heavy (non-hydrogen) atoms. The Kier molecular flexibility index (Phi) is 4.69. The Morgan fingerprint density at radius 2 is 1.89 bits per heavy atom. The zero-order chi connectivity index (χ0) is 19.5. The lowest BCUT2D eigenvalue weighted by molar-refractivity contribution is 0.284. The summed E-state index contributed by atoms with van der Waals surface area (Å²) in [6, 6.07) is 21.4. The first-order valence-electron chi connectivity index (χ1n) is 8.94. The number of aryl methyl sites for hydroxylation is 1. The number of aromatic nitrogens is 2. The van der Waals surface area contributed by atoms with Crippen molar-refractivity contribution in [2.45, 2.75) is 13.5 Å². The van der Waals surface area contributed by atoms with Gasteiger partial charge in [0.05, 0.1) is 29.8 Å². The van der Waals surface area contributed by atoms with E-state index in [-0.39, 0.29) is 0 Å². The predicted octanol–water partition coefficient (Wildman–Crippen LogP) is 5.00. The molecule has 0 radical (unpaired) electrons. The van der Waals surface area contributed by atoms with Gasteiger partial charge in [-0.1, -0.05) is 30.3 Å². The van der Waals surface area contributed by atoms with Crippen molar-refractivity contribution in [2.24, 2.45) is 0 Å². The summed E-state index contributed by atoms with van der Waals surface area (Å²) in [5.41, 5.74) is 5.45. The van der Waals surface area contributed by atoms with Crippen LogP contribution >= 0.6 is 0 Å². The number of para-hydroxylation sites is 1. The second-order valence-electron chi connectivity index (χ2n) is 6.48. The Balaban J connectivity index is 1.62. The molecule has 0 fully saturated rings. The van der Waals surface area contributed by atoms with Crippen LogP contribution in [0, 0.1) is 18.3 Å². The van der Waals surface area contributed by atoms with Crippen molar-refractivity contribution in [1.82, 2.24) is 9.97 Å². The van der Waals surface area contributed by atoms with E-state index in [9.17, 15) is 5.26 Å². The molecule has 4 rings (SSSR count). The number of benzene rings is 3. The Bertz CT molecular complexity index is 1190. The van der Waals surface area contributed by atoms with Crippen LogP contribution in [0.5, 0.6) is 11.5 Å². The van der Waals surface area contributed by atoms with Crippen LogP contribution in [0.3, 0.4) is 0 Å². The van der Waals surface area contributed by atoms with Gasteiger partial charge in [-0.15, -0.1) is 0 Å². The third kappa shape index (κ3) is 3.28. The van der Waals surface area contributed by atoms with Gasteiger partial charge in [-0.2, -0.15) is 5.26 Å². The molecule has 1 heterocycles. The van der Waals surface area contributed by atoms with E-state index in [2.05, 4.69) is 11.1 Å². The minimum atomic E-state index is 0.295. The molecule has 0 aliphatic heterocycles. The van der Waals surface area contributed by atoms with Crippen LogP contribution in [0.1, 0.15) is 16.7 Å². The van der Waals surface area contributed by atoms with Crippen molar-refractivity contribution in [1.29, 1.82) is 5.26 Å². The minimum Gasteiger partial charge on any atom is -0.493 e. The minimum absolute atomic E-state index is 0.295. The first-order valence-corrected chi connectivity index (χ1v) is 8.94. The highest BCUT2D eigenvalue weighted by atomic mass is 16.5. The largest absolute Gasteiger partial charge is 0.493 e. The lowest BCUT2D eigenvalue weighted by Gasteiger charge is -2.12. The predicted molar refractivity (Wildman–Crippen MR) is 108 cm³/mol. The van der Waals surface area contributed by atoms with Crippen LogP contribution in [0.2, 0.25) is 0 Å². The number of hydrogen-bond donors (Lipinski definition) is 1. The highest BCUT2D eigenvalue weighted by Crippen LogP contribution is 2.33. The summed E-state index contributed by atoms with van der Waals surface area (Å²) in [7, 11) is 1.61. The van der Waals surface area contributed by atoms with Gasteiger partial charge < -0.3 is 14.5 Å². The second kappa shape index (κ2) is 7.45. The molecule has 3 aromatic carbocycles. The summed E-state index contributed by atoms with van der Waals surface area (Å²) in [4.78, 5) is 8.07. The number of fused-ring (bicyclic) bond motifs is 1. The summed E-state index contributed by atoms with van der Waals surface area (Å²) >= 11 is 0.